The zero-order valence-electron chi connectivity index (χ0n) is 8.98. The Morgan fingerprint density at radius 1 is 1.47 bits per heavy atom. The minimum atomic E-state index is -3.32. The first kappa shape index (κ1) is 13.3. The fraction of sp³-hybridized carbons (Fsp3) is 1.00. The Hall–Kier alpha value is 0.220. The lowest BCUT2D eigenvalue weighted by atomic mass is 10.0. The van der Waals surface area contributed by atoms with E-state index in [-0.39, 0.29) is 6.61 Å². The Labute approximate surface area is 95.9 Å². The molecule has 6 heteroatoms. The Morgan fingerprint density at radius 2 is 2.07 bits per heavy atom. The van der Waals surface area contributed by atoms with Crippen LogP contribution in [0.5, 0.6) is 0 Å². The smallest absolute Gasteiger partial charge is 0.216 e. The second kappa shape index (κ2) is 6.08. The van der Waals surface area contributed by atoms with Gasteiger partial charge in [0.2, 0.25) is 10.0 Å². The Kier molecular flexibility index (Phi) is 5.38. The van der Waals surface area contributed by atoms with Gasteiger partial charge in [-0.05, 0) is 37.2 Å². The molecule has 0 aromatic heterocycles. The molecule has 0 aromatic rings. The monoisotopic (exact) mass is 253 g/mol. The van der Waals surface area contributed by atoms with Crippen molar-refractivity contribution in [1.29, 1.82) is 0 Å². The number of thioether (sulfide) groups is 1. The summed E-state index contributed by atoms with van der Waals surface area (Å²) >= 11 is 1.93. The maximum atomic E-state index is 11.5. The van der Waals surface area contributed by atoms with Crippen molar-refractivity contribution in [3.05, 3.63) is 0 Å². The number of hydrogen-bond acceptors (Lipinski definition) is 4. The van der Waals surface area contributed by atoms with Crippen LogP contribution in [-0.4, -0.2) is 43.4 Å². The fourth-order valence-corrected chi connectivity index (χ4v) is 3.58. The molecule has 1 rings (SSSR count). The van der Waals surface area contributed by atoms with Crippen LogP contribution in [0.2, 0.25) is 0 Å². The van der Waals surface area contributed by atoms with Crippen molar-refractivity contribution < 1.29 is 13.5 Å². The minimum Gasteiger partial charge on any atom is -0.395 e. The van der Waals surface area contributed by atoms with Crippen LogP contribution in [0.15, 0.2) is 0 Å². The summed E-state index contributed by atoms with van der Waals surface area (Å²) in [7, 11) is -3.32. The predicted octanol–water partition coefficient (Wildman–Crippen LogP) is 0.430. The van der Waals surface area contributed by atoms with Crippen LogP contribution in [0.25, 0.3) is 0 Å². The van der Waals surface area contributed by atoms with Crippen molar-refractivity contribution >= 4 is 21.8 Å². The molecule has 4 nitrogen and oxygen atoms in total. The lowest BCUT2D eigenvalue weighted by Crippen LogP contribution is -2.38. The summed E-state index contributed by atoms with van der Waals surface area (Å²) in [6, 6.07) is 0. The highest BCUT2D eigenvalue weighted by Crippen LogP contribution is 2.22. The highest BCUT2D eigenvalue weighted by molar-refractivity contribution is 7.99. The first-order chi connectivity index (χ1) is 7.06. The summed E-state index contributed by atoms with van der Waals surface area (Å²) in [5, 5.41) is 8.07. The molecule has 1 atom stereocenters. The topological polar surface area (TPSA) is 66.4 Å². The van der Waals surface area contributed by atoms with Crippen molar-refractivity contribution in [2.75, 3.05) is 24.7 Å². The van der Waals surface area contributed by atoms with E-state index in [1.54, 1.807) is 0 Å². The van der Waals surface area contributed by atoms with Crippen molar-refractivity contribution in [3.63, 3.8) is 0 Å². The van der Waals surface area contributed by atoms with E-state index in [1.165, 1.54) is 6.92 Å². The quantitative estimate of drug-likeness (QED) is 0.746. The molecular formula is C9H19NO3S2. The molecule has 0 radical (unpaired) electrons. The van der Waals surface area contributed by atoms with E-state index in [2.05, 4.69) is 4.72 Å². The standard InChI is InChI=1S/C9H19NO3S2/c1-8(7-11)15(12,13)10-6-9-2-4-14-5-3-9/h8-11H,2-7H2,1H3. The molecule has 15 heavy (non-hydrogen) atoms. The number of aliphatic hydroxyl groups excluding tert-OH is 1. The first-order valence-electron chi connectivity index (χ1n) is 5.23. The molecule has 1 saturated heterocycles. The number of nitrogens with one attached hydrogen (secondary N) is 1. The summed E-state index contributed by atoms with van der Waals surface area (Å²) < 4.78 is 25.6. The molecule has 0 saturated carbocycles. The summed E-state index contributed by atoms with van der Waals surface area (Å²) in [6.07, 6.45) is 2.17. The van der Waals surface area contributed by atoms with Gasteiger partial charge in [0.05, 0.1) is 11.9 Å². The third kappa shape index (κ3) is 4.30. The van der Waals surface area contributed by atoms with E-state index in [4.69, 9.17) is 5.11 Å². The number of hydrogen-bond donors (Lipinski definition) is 2. The number of rotatable bonds is 5. The SMILES string of the molecule is CC(CO)S(=O)(=O)NCC1CCSCC1. The molecule has 90 valence electrons. The van der Waals surface area contributed by atoms with Gasteiger partial charge in [-0.3, -0.25) is 0 Å². The molecule has 1 unspecified atom stereocenters. The summed E-state index contributed by atoms with van der Waals surface area (Å²) in [6.45, 7) is 1.71. The molecule has 0 aliphatic carbocycles. The molecule has 0 bridgehead atoms. The van der Waals surface area contributed by atoms with Gasteiger partial charge < -0.3 is 5.11 Å². The van der Waals surface area contributed by atoms with Gasteiger partial charge in [0, 0.05) is 6.54 Å². The zero-order chi connectivity index (χ0) is 11.3. The maximum absolute atomic E-state index is 11.5. The van der Waals surface area contributed by atoms with Crippen molar-refractivity contribution in [2.45, 2.75) is 25.0 Å². The second-order valence-corrected chi connectivity index (χ2v) is 7.35. The van der Waals surface area contributed by atoms with Gasteiger partial charge in [-0.1, -0.05) is 0 Å². The normalized spacial score (nSPS) is 21.5. The van der Waals surface area contributed by atoms with E-state index in [0.29, 0.717) is 12.5 Å². The van der Waals surface area contributed by atoms with Crippen LogP contribution >= 0.6 is 11.8 Å². The summed E-state index contributed by atoms with van der Waals surface area (Å²) in [5.41, 5.74) is 0. The van der Waals surface area contributed by atoms with Gasteiger partial charge in [-0.2, -0.15) is 11.8 Å². The summed E-state index contributed by atoms with van der Waals surface area (Å²) in [4.78, 5) is 0. The van der Waals surface area contributed by atoms with Crippen LogP contribution in [-0.2, 0) is 10.0 Å². The van der Waals surface area contributed by atoms with E-state index >= 15 is 0 Å². The van der Waals surface area contributed by atoms with Crippen LogP contribution in [0.1, 0.15) is 19.8 Å². The van der Waals surface area contributed by atoms with Crippen molar-refractivity contribution in [3.8, 4) is 0 Å². The number of aliphatic hydroxyl groups is 1. The molecule has 0 spiro atoms. The van der Waals surface area contributed by atoms with E-state index in [1.807, 2.05) is 11.8 Å². The van der Waals surface area contributed by atoms with Gasteiger partial charge in [0.15, 0.2) is 0 Å². The first-order valence-corrected chi connectivity index (χ1v) is 7.93. The van der Waals surface area contributed by atoms with Gasteiger partial charge in [-0.25, -0.2) is 13.1 Å². The molecular weight excluding hydrogens is 234 g/mol. The molecule has 1 heterocycles. The van der Waals surface area contributed by atoms with Crippen LogP contribution in [0, 0.1) is 5.92 Å². The largest absolute Gasteiger partial charge is 0.395 e. The molecule has 2 N–H and O–H groups in total. The Morgan fingerprint density at radius 3 is 2.60 bits per heavy atom. The van der Waals surface area contributed by atoms with Crippen molar-refractivity contribution in [1.82, 2.24) is 4.72 Å². The second-order valence-electron chi connectivity index (χ2n) is 3.94. The molecule has 0 aromatic carbocycles. The predicted molar refractivity (Wildman–Crippen MR) is 63.5 cm³/mol. The minimum absolute atomic E-state index is 0.324. The highest BCUT2D eigenvalue weighted by Gasteiger charge is 2.21. The Balaban J connectivity index is 2.35. The van der Waals surface area contributed by atoms with Crippen molar-refractivity contribution in [2.24, 2.45) is 5.92 Å². The van der Waals surface area contributed by atoms with Gasteiger partial charge in [-0.15, -0.1) is 0 Å². The fourth-order valence-electron chi connectivity index (χ4n) is 1.42. The molecule has 0 amide bonds. The van der Waals surface area contributed by atoms with Gasteiger partial charge in [0.25, 0.3) is 0 Å². The highest BCUT2D eigenvalue weighted by atomic mass is 32.2. The Bertz CT molecular complexity index is 273. The molecule has 1 aliphatic rings. The molecule has 1 fully saturated rings. The zero-order valence-corrected chi connectivity index (χ0v) is 10.6. The average molecular weight is 253 g/mol. The number of sulfonamides is 1. The summed E-state index contributed by atoms with van der Waals surface area (Å²) in [5.74, 6) is 2.72. The van der Waals surface area contributed by atoms with Gasteiger partial charge in [0.1, 0.15) is 0 Å². The van der Waals surface area contributed by atoms with Crippen LogP contribution in [0.4, 0.5) is 0 Å². The van der Waals surface area contributed by atoms with Crippen LogP contribution in [0.3, 0.4) is 0 Å². The van der Waals surface area contributed by atoms with E-state index in [9.17, 15) is 8.42 Å². The third-order valence-electron chi connectivity index (χ3n) is 2.70. The van der Waals surface area contributed by atoms with E-state index < -0.39 is 15.3 Å². The third-order valence-corrected chi connectivity index (χ3v) is 5.53. The van der Waals surface area contributed by atoms with Gasteiger partial charge >= 0.3 is 0 Å². The van der Waals surface area contributed by atoms with E-state index in [0.717, 1.165) is 24.3 Å². The average Bonchev–Trinajstić information content (AvgIpc) is 2.27. The lowest BCUT2D eigenvalue weighted by molar-refractivity contribution is 0.294. The van der Waals surface area contributed by atoms with Crippen LogP contribution < -0.4 is 4.72 Å². The molecule has 1 aliphatic heterocycles. The lowest BCUT2D eigenvalue weighted by Gasteiger charge is -2.22. The maximum Gasteiger partial charge on any atom is 0.216 e.